The zero-order valence-corrected chi connectivity index (χ0v) is 10.0. The van der Waals surface area contributed by atoms with Crippen LogP contribution in [0.2, 0.25) is 0 Å². The third-order valence-electron chi connectivity index (χ3n) is 2.35. The summed E-state index contributed by atoms with van der Waals surface area (Å²) in [5, 5.41) is 0. The molecule has 0 heterocycles. The summed E-state index contributed by atoms with van der Waals surface area (Å²) >= 11 is 0. The van der Waals surface area contributed by atoms with Gasteiger partial charge in [-0.15, -0.1) is 19.0 Å². The molecule has 0 amide bonds. The Kier molecular flexibility index (Phi) is 6.27. The first kappa shape index (κ1) is 16.0. The van der Waals surface area contributed by atoms with Gasteiger partial charge in [-0.1, -0.05) is 18.2 Å². The molecule has 96 valence electrons. The van der Waals surface area contributed by atoms with Crippen molar-refractivity contribution in [2.45, 2.75) is 25.1 Å². The number of halogens is 4. The molecule has 1 aromatic carbocycles. The van der Waals surface area contributed by atoms with Gasteiger partial charge >= 0.3 is 6.18 Å². The van der Waals surface area contributed by atoms with Crippen molar-refractivity contribution in [3.8, 4) is 0 Å². The lowest BCUT2D eigenvalue weighted by Crippen LogP contribution is -2.11. The van der Waals surface area contributed by atoms with Gasteiger partial charge in [0.05, 0.1) is 5.56 Å². The third kappa shape index (κ3) is 4.79. The van der Waals surface area contributed by atoms with Gasteiger partial charge in [-0.05, 0) is 30.5 Å². The molecule has 1 rings (SSSR count). The molecule has 0 fully saturated rings. The number of hydrogen-bond acceptors (Lipinski definition) is 1. The van der Waals surface area contributed by atoms with Crippen LogP contribution in [0.5, 0.6) is 0 Å². The molecule has 1 nitrogen and oxygen atoms in total. The van der Waals surface area contributed by atoms with Crippen molar-refractivity contribution in [1.82, 2.24) is 0 Å². The van der Waals surface area contributed by atoms with Crippen LogP contribution in [0.1, 0.15) is 30.0 Å². The van der Waals surface area contributed by atoms with Crippen LogP contribution in [0.4, 0.5) is 13.2 Å². The highest BCUT2D eigenvalue weighted by Gasteiger charge is 2.30. The van der Waals surface area contributed by atoms with E-state index in [1.54, 1.807) is 6.08 Å². The fourth-order valence-electron chi connectivity index (χ4n) is 1.38. The summed E-state index contributed by atoms with van der Waals surface area (Å²) in [4.78, 5) is 0. The van der Waals surface area contributed by atoms with Crippen LogP contribution in [0.25, 0.3) is 0 Å². The molecule has 5 heteroatoms. The topological polar surface area (TPSA) is 26.0 Å². The van der Waals surface area contributed by atoms with Gasteiger partial charge < -0.3 is 5.73 Å². The molecule has 0 spiro atoms. The molecule has 0 saturated heterocycles. The average Bonchev–Trinajstić information content (AvgIpc) is 2.25. The molecule has 2 N–H and O–H groups in total. The third-order valence-corrected chi connectivity index (χ3v) is 2.35. The second-order valence-corrected chi connectivity index (χ2v) is 3.59. The maximum atomic E-state index is 12.3. The van der Waals surface area contributed by atoms with Crippen molar-refractivity contribution in [1.29, 1.82) is 0 Å². The first-order valence-corrected chi connectivity index (χ1v) is 4.99. The summed E-state index contributed by atoms with van der Waals surface area (Å²) in [6, 6.07) is 4.74. The van der Waals surface area contributed by atoms with Crippen LogP contribution < -0.4 is 5.73 Å². The Morgan fingerprint density at radius 3 is 2.18 bits per heavy atom. The fraction of sp³-hybridized carbons (Fsp3) is 0.333. The highest BCUT2D eigenvalue weighted by Crippen LogP contribution is 2.30. The van der Waals surface area contributed by atoms with Crippen molar-refractivity contribution < 1.29 is 13.2 Å². The normalized spacial score (nSPS) is 12.7. The monoisotopic (exact) mass is 265 g/mol. The van der Waals surface area contributed by atoms with E-state index in [2.05, 4.69) is 6.58 Å². The summed E-state index contributed by atoms with van der Waals surface area (Å²) in [6.45, 7) is 3.57. The van der Waals surface area contributed by atoms with Crippen LogP contribution in [0, 0.1) is 0 Å². The zero-order valence-electron chi connectivity index (χ0n) is 9.20. The SMILES string of the molecule is C=CCC[C@@H](N)c1ccc(C(F)(F)F)cc1.Cl. The average molecular weight is 266 g/mol. The van der Waals surface area contributed by atoms with Gasteiger partial charge in [-0.2, -0.15) is 13.2 Å². The van der Waals surface area contributed by atoms with Gasteiger partial charge in [0.2, 0.25) is 0 Å². The second kappa shape index (κ2) is 6.67. The minimum absolute atomic E-state index is 0. The predicted molar refractivity (Wildman–Crippen MR) is 65.1 cm³/mol. The summed E-state index contributed by atoms with van der Waals surface area (Å²) in [5.74, 6) is 0. The van der Waals surface area contributed by atoms with Gasteiger partial charge in [0.1, 0.15) is 0 Å². The molecule has 0 radical (unpaired) electrons. The molecule has 1 atom stereocenters. The Labute approximate surface area is 105 Å². The molecule has 0 unspecified atom stereocenters. The van der Waals surface area contributed by atoms with Crippen molar-refractivity contribution in [3.63, 3.8) is 0 Å². The lowest BCUT2D eigenvalue weighted by Gasteiger charge is -2.12. The number of benzene rings is 1. The van der Waals surface area contributed by atoms with Crippen LogP contribution in [-0.2, 0) is 6.18 Å². The summed E-state index contributed by atoms with van der Waals surface area (Å²) in [6.07, 6.45) is -1.11. The van der Waals surface area contributed by atoms with Gasteiger partial charge in [0.15, 0.2) is 0 Å². The van der Waals surface area contributed by atoms with E-state index < -0.39 is 11.7 Å². The Hall–Kier alpha value is -1.00. The minimum Gasteiger partial charge on any atom is -0.324 e. The van der Waals surface area contributed by atoms with Gasteiger partial charge in [-0.3, -0.25) is 0 Å². The maximum absolute atomic E-state index is 12.3. The van der Waals surface area contributed by atoms with E-state index >= 15 is 0 Å². The number of allylic oxidation sites excluding steroid dienone is 1. The van der Waals surface area contributed by atoms with E-state index in [9.17, 15) is 13.2 Å². The fourth-order valence-corrected chi connectivity index (χ4v) is 1.38. The van der Waals surface area contributed by atoms with Crippen LogP contribution >= 0.6 is 12.4 Å². The zero-order chi connectivity index (χ0) is 12.2. The van der Waals surface area contributed by atoms with Gasteiger partial charge in [0.25, 0.3) is 0 Å². The highest BCUT2D eigenvalue weighted by molar-refractivity contribution is 5.85. The Bertz CT molecular complexity index is 346. The van der Waals surface area contributed by atoms with Gasteiger partial charge in [0, 0.05) is 6.04 Å². The smallest absolute Gasteiger partial charge is 0.324 e. The lowest BCUT2D eigenvalue weighted by molar-refractivity contribution is -0.137. The molecule has 0 bridgehead atoms. The molecular formula is C12H15ClF3N. The van der Waals surface area contributed by atoms with E-state index in [1.165, 1.54) is 12.1 Å². The molecule has 0 aromatic heterocycles. The van der Waals surface area contributed by atoms with E-state index in [1.807, 2.05) is 0 Å². The minimum atomic E-state index is -4.29. The molecular weight excluding hydrogens is 251 g/mol. The van der Waals surface area contributed by atoms with Crippen LogP contribution in [0.15, 0.2) is 36.9 Å². The van der Waals surface area contributed by atoms with Gasteiger partial charge in [-0.25, -0.2) is 0 Å². The maximum Gasteiger partial charge on any atom is 0.416 e. The number of rotatable bonds is 4. The Morgan fingerprint density at radius 2 is 1.76 bits per heavy atom. The number of alkyl halides is 3. The molecule has 0 saturated carbocycles. The number of hydrogen-bond donors (Lipinski definition) is 1. The Balaban J connectivity index is 0.00000256. The molecule has 17 heavy (non-hydrogen) atoms. The number of nitrogens with two attached hydrogens (primary N) is 1. The largest absolute Gasteiger partial charge is 0.416 e. The molecule has 1 aromatic rings. The van der Waals surface area contributed by atoms with E-state index in [4.69, 9.17) is 5.73 Å². The van der Waals surface area contributed by atoms with Crippen molar-refractivity contribution in [2.24, 2.45) is 5.73 Å². The quantitative estimate of drug-likeness (QED) is 0.815. The van der Waals surface area contributed by atoms with Crippen molar-refractivity contribution in [3.05, 3.63) is 48.0 Å². The van der Waals surface area contributed by atoms with E-state index in [0.29, 0.717) is 6.42 Å². The summed E-state index contributed by atoms with van der Waals surface area (Å²) < 4.78 is 36.8. The summed E-state index contributed by atoms with van der Waals surface area (Å²) in [7, 11) is 0. The standard InChI is InChI=1S/C12H14F3N.ClH/c1-2-3-4-11(16)9-5-7-10(8-6-9)12(13,14)15;/h2,5-8,11H,1,3-4,16H2;1H/t11-;/m1./s1. The van der Waals surface area contributed by atoms with E-state index in [0.717, 1.165) is 24.1 Å². The highest BCUT2D eigenvalue weighted by atomic mass is 35.5. The Morgan fingerprint density at radius 1 is 1.24 bits per heavy atom. The van der Waals surface area contributed by atoms with Crippen molar-refractivity contribution in [2.75, 3.05) is 0 Å². The first-order valence-electron chi connectivity index (χ1n) is 4.99. The van der Waals surface area contributed by atoms with E-state index in [-0.39, 0.29) is 18.4 Å². The molecule has 0 aliphatic heterocycles. The second-order valence-electron chi connectivity index (χ2n) is 3.59. The first-order chi connectivity index (χ1) is 7.45. The van der Waals surface area contributed by atoms with Crippen LogP contribution in [0.3, 0.4) is 0 Å². The van der Waals surface area contributed by atoms with Crippen molar-refractivity contribution >= 4 is 12.4 Å². The predicted octanol–water partition coefficient (Wildman–Crippen LogP) is 4.09. The lowest BCUT2D eigenvalue weighted by atomic mass is 10.0. The molecule has 0 aliphatic rings. The summed E-state index contributed by atoms with van der Waals surface area (Å²) in [5.41, 5.74) is 5.88. The molecule has 0 aliphatic carbocycles. The van der Waals surface area contributed by atoms with Crippen LogP contribution in [-0.4, -0.2) is 0 Å².